The SMILES string of the molecule is Cc1sc2nc(C)n(CC(=O)Nc3ccccc3F)c(=O)c2c1C. The van der Waals surface area contributed by atoms with Gasteiger partial charge in [0, 0.05) is 4.88 Å². The number of benzene rings is 1. The van der Waals surface area contributed by atoms with Crippen LogP contribution in [-0.4, -0.2) is 15.5 Å². The van der Waals surface area contributed by atoms with Gasteiger partial charge in [0.25, 0.3) is 5.56 Å². The third kappa shape index (κ3) is 2.82. The highest BCUT2D eigenvalue weighted by atomic mass is 32.1. The zero-order valence-electron chi connectivity index (χ0n) is 13.5. The summed E-state index contributed by atoms with van der Waals surface area (Å²) in [6, 6.07) is 5.90. The van der Waals surface area contributed by atoms with Crippen LogP contribution < -0.4 is 10.9 Å². The number of halogens is 1. The molecule has 1 aromatic carbocycles. The predicted octanol–water partition coefficient (Wildman–Crippen LogP) is 3.16. The number of nitrogens with zero attached hydrogens (tertiary/aromatic N) is 2. The van der Waals surface area contributed by atoms with E-state index in [1.54, 1.807) is 19.1 Å². The Hall–Kier alpha value is -2.54. The average Bonchev–Trinajstić information content (AvgIpc) is 2.80. The van der Waals surface area contributed by atoms with Gasteiger partial charge in [-0.25, -0.2) is 9.37 Å². The minimum Gasteiger partial charge on any atom is -0.322 e. The highest BCUT2D eigenvalue weighted by Crippen LogP contribution is 2.26. The van der Waals surface area contributed by atoms with Crippen molar-refractivity contribution < 1.29 is 9.18 Å². The Kier molecular flexibility index (Phi) is 4.19. The van der Waals surface area contributed by atoms with E-state index >= 15 is 0 Å². The molecule has 0 spiro atoms. The maximum Gasteiger partial charge on any atom is 0.263 e. The zero-order chi connectivity index (χ0) is 17.4. The molecule has 7 heteroatoms. The molecule has 1 amide bonds. The van der Waals surface area contributed by atoms with Gasteiger partial charge in [0.2, 0.25) is 5.91 Å². The number of amides is 1. The number of rotatable bonds is 3. The molecule has 0 fully saturated rings. The monoisotopic (exact) mass is 345 g/mol. The lowest BCUT2D eigenvalue weighted by Crippen LogP contribution is -2.30. The maximum atomic E-state index is 13.6. The van der Waals surface area contributed by atoms with Gasteiger partial charge in [0.15, 0.2) is 0 Å². The minimum atomic E-state index is -0.521. The van der Waals surface area contributed by atoms with E-state index in [1.165, 1.54) is 28.0 Å². The van der Waals surface area contributed by atoms with Crippen LogP contribution in [0.4, 0.5) is 10.1 Å². The zero-order valence-corrected chi connectivity index (χ0v) is 14.3. The Labute approximate surface area is 141 Å². The molecule has 1 N–H and O–H groups in total. The van der Waals surface area contributed by atoms with Gasteiger partial charge < -0.3 is 5.32 Å². The summed E-state index contributed by atoms with van der Waals surface area (Å²) in [5.74, 6) is -0.540. The van der Waals surface area contributed by atoms with E-state index in [0.29, 0.717) is 16.0 Å². The third-order valence-corrected chi connectivity index (χ3v) is 5.03. The second-order valence-corrected chi connectivity index (χ2v) is 6.74. The van der Waals surface area contributed by atoms with E-state index in [2.05, 4.69) is 10.3 Å². The van der Waals surface area contributed by atoms with Crippen molar-refractivity contribution in [2.24, 2.45) is 0 Å². The van der Waals surface area contributed by atoms with Gasteiger partial charge in [0.05, 0.1) is 11.1 Å². The molecular formula is C17H16FN3O2S. The summed E-state index contributed by atoms with van der Waals surface area (Å²) < 4.78 is 14.9. The fourth-order valence-electron chi connectivity index (χ4n) is 2.51. The lowest BCUT2D eigenvalue weighted by atomic mass is 10.2. The first-order chi connectivity index (χ1) is 11.4. The Morgan fingerprint density at radius 3 is 2.71 bits per heavy atom. The minimum absolute atomic E-state index is 0.0878. The van der Waals surface area contributed by atoms with Crippen molar-refractivity contribution in [3.63, 3.8) is 0 Å². The number of hydrogen-bond donors (Lipinski definition) is 1. The van der Waals surface area contributed by atoms with Crippen molar-refractivity contribution in [3.05, 3.63) is 56.7 Å². The number of carbonyl (C=O) groups excluding carboxylic acids is 1. The van der Waals surface area contributed by atoms with Gasteiger partial charge in [0.1, 0.15) is 23.0 Å². The van der Waals surface area contributed by atoms with E-state index in [4.69, 9.17) is 0 Å². The summed E-state index contributed by atoms with van der Waals surface area (Å²) in [6.07, 6.45) is 0. The number of carbonyl (C=O) groups is 1. The first-order valence-corrected chi connectivity index (χ1v) is 8.21. The van der Waals surface area contributed by atoms with Gasteiger partial charge in [-0.1, -0.05) is 12.1 Å². The molecule has 3 aromatic rings. The van der Waals surface area contributed by atoms with Crippen LogP contribution in [0.5, 0.6) is 0 Å². The second-order valence-electron chi connectivity index (χ2n) is 5.54. The van der Waals surface area contributed by atoms with Crippen LogP contribution in [0.3, 0.4) is 0 Å². The van der Waals surface area contributed by atoms with Crippen molar-refractivity contribution in [3.8, 4) is 0 Å². The van der Waals surface area contributed by atoms with Crippen LogP contribution in [0.2, 0.25) is 0 Å². The number of thiophene rings is 1. The molecule has 124 valence electrons. The summed E-state index contributed by atoms with van der Waals surface area (Å²) in [5.41, 5.74) is 0.726. The molecule has 2 aromatic heterocycles. The van der Waals surface area contributed by atoms with E-state index in [1.807, 2.05) is 13.8 Å². The van der Waals surface area contributed by atoms with Crippen LogP contribution in [0.15, 0.2) is 29.1 Å². The molecule has 2 heterocycles. The molecule has 24 heavy (non-hydrogen) atoms. The van der Waals surface area contributed by atoms with Crippen molar-refractivity contribution in [1.82, 2.24) is 9.55 Å². The quantitative estimate of drug-likeness (QED) is 0.793. The van der Waals surface area contributed by atoms with E-state index in [0.717, 1.165) is 10.4 Å². The number of fused-ring (bicyclic) bond motifs is 1. The fourth-order valence-corrected chi connectivity index (χ4v) is 3.58. The first-order valence-electron chi connectivity index (χ1n) is 7.40. The van der Waals surface area contributed by atoms with Crippen molar-refractivity contribution in [2.45, 2.75) is 27.3 Å². The molecule has 3 rings (SSSR count). The second kappa shape index (κ2) is 6.16. The van der Waals surface area contributed by atoms with Crippen LogP contribution in [0.1, 0.15) is 16.3 Å². The summed E-state index contributed by atoms with van der Waals surface area (Å²) >= 11 is 1.46. The number of nitrogens with one attached hydrogen (secondary N) is 1. The summed E-state index contributed by atoms with van der Waals surface area (Å²) in [6.45, 7) is 5.28. The highest BCUT2D eigenvalue weighted by molar-refractivity contribution is 7.18. The Balaban J connectivity index is 1.95. The fraction of sp³-hybridized carbons (Fsp3) is 0.235. The van der Waals surface area contributed by atoms with Crippen LogP contribution in [-0.2, 0) is 11.3 Å². The lowest BCUT2D eigenvalue weighted by Gasteiger charge is -2.10. The lowest BCUT2D eigenvalue weighted by molar-refractivity contribution is -0.116. The normalized spacial score (nSPS) is 11.0. The van der Waals surface area contributed by atoms with E-state index in [9.17, 15) is 14.0 Å². The number of aromatic nitrogens is 2. The van der Waals surface area contributed by atoms with Crippen molar-refractivity contribution in [1.29, 1.82) is 0 Å². The molecule has 0 aliphatic rings. The predicted molar refractivity (Wildman–Crippen MR) is 93.1 cm³/mol. The third-order valence-electron chi connectivity index (χ3n) is 3.93. The summed E-state index contributed by atoms with van der Waals surface area (Å²) in [7, 11) is 0. The standard InChI is InChI=1S/C17H16FN3O2S/c1-9-10(2)24-16-15(9)17(23)21(11(3)19-16)8-14(22)20-13-7-5-4-6-12(13)18/h4-7H,8H2,1-3H3,(H,20,22). The van der Waals surface area contributed by atoms with Gasteiger partial charge in [-0.05, 0) is 38.5 Å². The Morgan fingerprint density at radius 2 is 2.00 bits per heavy atom. The number of para-hydroxylation sites is 1. The number of aryl methyl sites for hydroxylation is 3. The molecule has 0 radical (unpaired) electrons. The molecular weight excluding hydrogens is 329 g/mol. The topological polar surface area (TPSA) is 64.0 Å². The molecule has 0 atom stereocenters. The van der Waals surface area contributed by atoms with Gasteiger partial charge >= 0.3 is 0 Å². The van der Waals surface area contributed by atoms with Gasteiger partial charge in [-0.2, -0.15) is 0 Å². The highest BCUT2D eigenvalue weighted by Gasteiger charge is 2.16. The maximum absolute atomic E-state index is 13.6. The van der Waals surface area contributed by atoms with Crippen molar-refractivity contribution in [2.75, 3.05) is 5.32 Å². The molecule has 0 saturated heterocycles. The molecule has 0 unspecified atom stereocenters. The molecule has 5 nitrogen and oxygen atoms in total. The van der Waals surface area contributed by atoms with Gasteiger partial charge in [-0.15, -0.1) is 11.3 Å². The van der Waals surface area contributed by atoms with Crippen LogP contribution >= 0.6 is 11.3 Å². The molecule has 0 bridgehead atoms. The summed E-state index contributed by atoms with van der Waals surface area (Å²) in [4.78, 5) is 31.0. The Morgan fingerprint density at radius 1 is 1.29 bits per heavy atom. The van der Waals surface area contributed by atoms with Crippen LogP contribution in [0, 0.1) is 26.6 Å². The number of anilines is 1. The Bertz CT molecular complexity index is 1010. The van der Waals surface area contributed by atoms with E-state index < -0.39 is 11.7 Å². The average molecular weight is 345 g/mol. The van der Waals surface area contributed by atoms with E-state index in [-0.39, 0.29) is 17.8 Å². The smallest absolute Gasteiger partial charge is 0.263 e. The molecule has 0 aliphatic heterocycles. The first kappa shape index (κ1) is 16.3. The van der Waals surface area contributed by atoms with Crippen molar-refractivity contribution >= 4 is 33.1 Å². The van der Waals surface area contributed by atoms with Crippen LogP contribution in [0.25, 0.3) is 10.2 Å². The largest absolute Gasteiger partial charge is 0.322 e. The van der Waals surface area contributed by atoms with Gasteiger partial charge in [-0.3, -0.25) is 14.2 Å². The summed E-state index contributed by atoms with van der Waals surface area (Å²) in [5, 5.41) is 3.03. The molecule has 0 aliphatic carbocycles. The molecule has 0 saturated carbocycles. The number of hydrogen-bond acceptors (Lipinski definition) is 4.